The van der Waals surface area contributed by atoms with E-state index >= 15 is 0 Å². The van der Waals surface area contributed by atoms with Gasteiger partial charge in [0.15, 0.2) is 0 Å². The molecule has 0 spiro atoms. The molecule has 1 rings (SSSR count). The van der Waals surface area contributed by atoms with Crippen LogP contribution in [0, 0.1) is 0 Å². The molecule has 2 N–H and O–H groups in total. The summed E-state index contributed by atoms with van der Waals surface area (Å²) >= 11 is 8.00. The van der Waals surface area contributed by atoms with Crippen LogP contribution in [-0.4, -0.2) is 27.5 Å². The second kappa shape index (κ2) is 6.95. The molecule has 0 atom stereocenters. The predicted molar refractivity (Wildman–Crippen MR) is 89.6 cm³/mol. The zero-order chi connectivity index (χ0) is 15.5. The smallest absolute Gasteiger partial charge is 0.337 e. The van der Waals surface area contributed by atoms with E-state index in [9.17, 15) is 14.7 Å². The monoisotopic (exact) mass is 423 g/mol. The first kappa shape index (κ1) is 17.5. The third-order valence-electron chi connectivity index (χ3n) is 2.19. The molecule has 0 heterocycles. The summed E-state index contributed by atoms with van der Waals surface area (Å²) in [5, 5.41) is 11.8. The maximum absolute atomic E-state index is 11.9. The maximum atomic E-state index is 11.9. The van der Waals surface area contributed by atoms with Gasteiger partial charge in [-0.25, -0.2) is 4.79 Å². The van der Waals surface area contributed by atoms with Gasteiger partial charge in [-0.15, -0.1) is 11.8 Å². The molecule has 0 aromatic heterocycles. The first-order valence-electron chi connectivity index (χ1n) is 5.76. The van der Waals surface area contributed by atoms with E-state index in [-0.39, 0.29) is 27.7 Å². The Labute approximate surface area is 139 Å². The van der Waals surface area contributed by atoms with Crippen molar-refractivity contribution < 1.29 is 14.7 Å². The average Bonchev–Trinajstić information content (AvgIpc) is 2.28. The number of thioether (sulfide) groups is 1. The summed E-state index contributed by atoms with van der Waals surface area (Å²) in [7, 11) is 0. The number of rotatable bonds is 4. The highest BCUT2D eigenvalue weighted by Crippen LogP contribution is 2.31. The van der Waals surface area contributed by atoms with Crippen LogP contribution in [0.5, 0.6) is 0 Å². The first-order chi connectivity index (χ1) is 9.10. The molecule has 0 radical (unpaired) electrons. The Hall–Kier alpha value is -0.530. The van der Waals surface area contributed by atoms with E-state index in [1.165, 1.54) is 17.8 Å². The van der Waals surface area contributed by atoms with Crippen LogP contribution < -0.4 is 5.32 Å². The van der Waals surface area contributed by atoms with Crippen molar-refractivity contribution in [3.05, 3.63) is 26.6 Å². The highest BCUT2D eigenvalue weighted by molar-refractivity contribution is 9.11. The topological polar surface area (TPSA) is 66.4 Å². The van der Waals surface area contributed by atoms with Crippen molar-refractivity contribution in [3.63, 3.8) is 0 Å². The number of aromatic carboxylic acids is 1. The van der Waals surface area contributed by atoms with Gasteiger partial charge in [0.2, 0.25) is 5.91 Å². The van der Waals surface area contributed by atoms with Gasteiger partial charge in [-0.1, -0.05) is 36.7 Å². The molecule has 7 heteroatoms. The van der Waals surface area contributed by atoms with Crippen molar-refractivity contribution >= 4 is 61.2 Å². The lowest BCUT2D eigenvalue weighted by molar-refractivity contribution is -0.113. The minimum atomic E-state index is -1.09. The van der Waals surface area contributed by atoms with Crippen LogP contribution in [0.1, 0.15) is 31.1 Å². The van der Waals surface area contributed by atoms with Crippen LogP contribution >= 0.6 is 43.6 Å². The highest BCUT2D eigenvalue weighted by Gasteiger charge is 2.18. The molecule has 1 amide bonds. The van der Waals surface area contributed by atoms with Gasteiger partial charge in [0, 0.05) is 13.7 Å². The summed E-state index contributed by atoms with van der Waals surface area (Å²) in [6.07, 6.45) is 0. The normalized spacial score (nSPS) is 11.2. The summed E-state index contributed by atoms with van der Waals surface area (Å²) in [4.78, 5) is 23.1. The van der Waals surface area contributed by atoms with Gasteiger partial charge in [0.05, 0.1) is 17.0 Å². The Balaban J connectivity index is 2.92. The molecule has 0 aliphatic heterocycles. The number of nitrogens with one attached hydrogen (secondary N) is 1. The van der Waals surface area contributed by atoms with Crippen molar-refractivity contribution in [1.82, 2.24) is 0 Å². The lowest BCUT2D eigenvalue weighted by Gasteiger charge is -2.17. The SMILES string of the molecule is CC(C)(C)SCC(=O)Nc1c(Br)cc(Br)cc1C(=O)O. The van der Waals surface area contributed by atoms with Gasteiger partial charge in [-0.3, -0.25) is 4.79 Å². The summed E-state index contributed by atoms with van der Waals surface area (Å²) < 4.78 is 1.13. The molecule has 1 aromatic carbocycles. The quantitative estimate of drug-likeness (QED) is 0.752. The predicted octanol–water partition coefficient (Wildman–Crippen LogP) is 4.38. The van der Waals surface area contributed by atoms with Gasteiger partial charge in [0.1, 0.15) is 0 Å². The third-order valence-corrected chi connectivity index (χ3v) is 4.54. The number of halogens is 2. The van der Waals surface area contributed by atoms with E-state index in [1.807, 2.05) is 20.8 Å². The number of anilines is 1. The molecular formula is C13H15Br2NO3S. The highest BCUT2D eigenvalue weighted by atomic mass is 79.9. The Kier molecular flexibility index (Phi) is 6.09. The van der Waals surface area contributed by atoms with Gasteiger partial charge in [-0.05, 0) is 28.1 Å². The number of hydrogen-bond acceptors (Lipinski definition) is 3. The van der Waals surface area contributed by atoms with Crippen LogP contribution in [0.3, 0.4) is 0 Å². The number of amides is 1. The van der Waals surface area contributed by atoms with E-state index in [1.54, 1.807) is 6.07 Å². The van der Waals surface area contributed by atoms with E-state index in [2.05, 4.69) is 37.2 Å². The second-order valence-corrected chi connectivity index (χ2v) is 8.64. The minimum Gasteiger partial charge on any atom is -0.478 e. The summed E-state index contributed by atoms with van der Waals surface area (Å²) in [5.74, 6) is -1.05. The van der Waals surface area contributed by atoms with Crippen molar-refractivity contribution in [1.29, 1.82) is 0 Å². The number of carboxylic acids is 1. The molecule has 0 fully saturated rings. The molecule has 0 unspecified atom stereocenters. The molecule has 0 saturated heterocycles. The summed E-state index contributed by atoms with van der Waals surface area (Å²) in [6, 6.07) is 3.15. The van der Waals surface area contributed by atoms with Crippen LogP contribution in [0.25, 0.3) is 0 Å². The lowest BCUT2D eigenvalue weighted by atomic mass is 10.2. The van der Waals surface area contributed by atoms with Gasteiger partial charge < -0.3 is 10.4 Å². The van der Waals surface area contributed by atoms with Gasteiger partial charge in [-0.2, -0.15) is 0 Å². The molecule has 20 heavy (non-hydrogen) atoms. The van der Waals surface area contributed by atoms with E-state index in [0.717, 1.165) is 0 Å². The third kappa shape index (κ3) is 5.46. The molecule has 0 aliphatic rings. The first-order valence-corrected chi connectivity index (χ1v) is 8.33. The summed E-state index contributed by atoms with van der Waals surface area (Å²) in [5.41, 5.74) is 0.320. The Morgan fingerprint density at radius 3 is 2.40 bits per heavy atom. The number of carbonyl (C=O) groups is 2. The fraction of sp³-hybridized carbons (Fsp3) is 0.385. The molecular weight excluding hydrogens is 410 g/mol. The van der Waals surface area contributed by atoms with E-state index in [4.69, 9.17) is 0 Å². The Bertz CT molecular complexity index is 541. The van der Waals surface area contributed by atoms with Crippen LogP contribution in [0.4, 0.5) is 5.69 Å². The fourth-order valence-electron chi connectivity index (χ4n) is 1.33. The zero-order valence-electron chi connectivity index (χ0n) is 11.3. The number of carbonyl (C=O) groups excluding carboxylic acids is 1. The average molecular weight is 425 g/mol. The van der Waals surface area contributed by atoms with Crippen molar-refractivity contribution in [2.45, 2.75) is 25.5 Å². The van der Waals surface area contributed by atoms with Crippen molar-refractivity contribution in [2.24, 2.45) is 0 Å². The molecule has 110 valence electrons. The summed E-state index contributed by atoms with van der Waals surface area (Å²) in [6.45, 7) is 6.05. The zero-order valence-corrected chi connectivity index (χ0v) is 15.3. The van der Waals surface area contributed by atoms with Gasteiger partial charge >= 0.3 is 5.97 Å². The van der Waals surface area contributed by atoms with E-state index in [0.29, 0.717) is 8.95 Å². The van der Waals surface area contributed by atoms with Gasteiger partial charge in [0.25, 0.3) is 0 Å². The van der Waals surface area contributed by atoms with Crippen LogP contribution in [-0.2, 0) is 4.79 Å². The number of hydrogen-bond donors (Lipinski definition) is 2. The number of carboxylic acid groups (broad SMARTS) is 1. The fourth-order valence-corrected chi connectivity index (χ4v) is 3.29. The molecule has 0 bridgehead atoms. The van der Waals surface area contributed by atoms with Crippen molar-refractivity contribution in [2.75, 3.05) is 11.1 Å². The largest absolute Gasteiger partial charge is 0.478 e. The van der Waals surface area contributed by atoms with E-state index < -0.39 is 5.97 Å². The second-order valence-electron chi connectivity index (χ2n) is 5.06. The molecule has 1 aromatic rings. The standard InChI is InChI=1S/C13H15Br2NO3S/c1-13(2,3)20-6-10(17)16-11-8(12(18)19)4-7(14)5-9(11)15/h4-5H,6H2,1-3H3,(H,16,17)(H,18,19). The molecule has 0 saturated carbocycles. The Morgan fingerprint density at radius 2 is 1.90 bits per heavy atom. The molecule has 4 nitrogen and oxygen atoms in total. The van der Waals surface area contributed by atoms with Crippen molar-refractivity contribution in [3.8, 4) is 0 Å². The van der Waals surface area contributed by atoms with Crippen LogP contribution in [0.15, 0.2) is 21.1 Å². The lowest BCUT2D eigenvalue weighted by Crippen LogP contribution is -2.20. The maximum Gasteiger partial charge on any atom is 0.337 e. The minimum absolute atomic E-state index is 0.0239. The van der Waals surface area contributed by atoms with Crippen LogP contribution in [0.2, 0.25) is 0 Å². The molecule has 0 aliphatic carbocycles. The Morgan fingerprint density at radius 1 is 1.30 bits per heavy atom. The number of benzene rings is 1.